The molecule has 1 aromatic rings. The van der Waals surface area contributed by atoms with Crippen molar-refractivity contribution in [2.75, 3.05) is 5.32 Å². The molecule has 1 saturated heterocycles. The van der Waals surface area contributed by atoms with E-state index >= 15 is 0 Å². The number of carbonyl (C=O) groups excluding carboxylic acids is 2. The molecule has 2 aliphatic carbocycles. The third-order valence-corrected chi connectivity index (χ3v) is 6.15. The van der Waals surface area contributed by atoms with Gasteiger partial charge in [0.05, 0.1) is 6.04 Å². The average Bonchev–Trinajstić information content (AvgIpc) is 3.27. The molecule has 1 aromatic carbocycles. The first-order valence-corrected chi connectivity index (χ1v) is 9.61. The quantitative estimate of drug-likeness (QED) is 0.794. The van der Waals surface area contributed by atoms with Crippen molar-refractivity contribution in [3.8, 4) is 0 Å². The number of amides is 2. The van der Waals surface area contributed by atoms with Crippen molar-refractivity contribution in [2.24, 2.45) is 16.8 Å². The lowest BCUT2D eigenvalue weighted by molar-refractivity contribution is -0.122. The van der Waals surface area contributed by atoms with Gasteiger partial charge in [0, 0.05) is 17.1 Å². The number of benzene rings is 1. The lowest BCUT2D eigenvalue weighted by Gasteiger charge is -2.13. The fourth-order valence-corrected chi connectivity index (χ4v) is 4.72. The molecule has 1 aliphatic heterocycles. The second kappa shape index (κ2) is 6.84. The van der Waals surface area contributed by atoms with E-state index in [4.69, 9.17) is 16.6 Å². The summed E-state index contributed by atoms with van der Waals surface area (Å²) in [5, 5.41) is 6.44. The van der Waals surface area contributed by atoms with Gasteiger partial charge in [0.2, 0.25) is 11.8 Å². The van der Waals surface area contributed by atoms with Crippen LogP contribution in [0.2, 0.25) is 5.02 Å². The Kier molecular flexibility index (Phi) is 4.56. The summed E-state index contributed by atoms with van der Waals surface area (Å²) >= 11 is 7.19. The standard InChI is InChI=1S/C18H18ClN3O2S/c19-12-3-5-13(6-4-12)20-16(23)9-15-17(24)22-18(25-15)21-14-8-10-1-2-11(14)7-10/h1-6,10-11,14-15H,7-9H2,(H,20,23)(H,21,22,24)/t10-,11-,14-,15+/m0/s1. The molecule has 2 N–H and O–H groups in total. The SMILES string of the molecule is O=C(C[C@H]1SC(=N[C@H]2C[C@H]3C=C[C@H]2C3)NC1=O)Nc1ccc(Cl)cc1. The monoisotopic (exact) mass is 375 g/mol. The van der Waals surface area contributed by atoms with E-state index in [0.717, 1.165) is 6.42 Å². The highest BCUT2D eigenvalue weighted by molar-refractivity contribution is 8.15. The minimum atomic E-state index is -0.430. The molecule has 0 radical (unpaired) electrons. The number of thioether (sulfide) groups is 1. The van der Waals surface area contributed by atoms with E-state index in [1.807, 2.05) is 0 Å². The molecule has 1 heterocycles. The van der Waals surface area contributed by atoms with Gasteiger partial charge in [-0.15, -0.1) is 0 Å². The number of aliphatic imine (C=N–C) groups is 1. The van der Waals surface area contributed by atoms with Crippen molar-refractivity contribution in [2.45, 2.75) is 30.6 Å². The number of nitrogens with zero attached hydrogens (tertiary/aromatic N) is 1. The van der Waals surface area contributed by atoms with Gasteiger partial charge in [0.1, 0.15) is 5.25 Å². The van der Waals surface area contributed by atoms with Crippen LogP contribution < -0.4 is 10.6 Å². The van der Waals surface area contributed by atoms with Gasteiger partial charge in [-0.2, -0.15) is 0 Å². The number of rotatable bonds is 4. The van der Waals surface area contributed by atoms with Gasteiger partial charge in [-0.1, -0.05) is 35.5 Å². The first kappa shape index (κ1) is 16.7. The van der Waals surface area contributed by atoms with Crippen molar-refractivity contribution in [1.82, 2.24) is 5.32 Å². The maximum absolute atomic E-state index is 12.2. The Morgan fingerprint density at radius 1 is 1.28 bits per heavy atom. The maximum Gasteiger partial charge on any atom is 0.240 e. The van der Waals surface area contributed by atoms with Crippen LogP contribution in [0.3, 0.4) is 0 Å². The van der Waals surface area contributed by atoms with Gasteiger partial charge in [0.15, 0.2) is 5.17 Å². The zero-order valence-corrected chi connectivity index (χ0v) is 15.0. The molecular formula is C18H18ClN3O2S. The first-order valence-electron chi connectivity index (χ1n) is 8.36. The number of amidine groups is 1. The highest BCUT2D eigenvalue weighted by atomic mass is 35.5. The van der Waals surface area contributed by atoms with E-state index in [-0.39, 0.29) is 24.3 Å². The molecule has 25 heavy (non-hydrogen) atoms. The third-order valence-electron chi connectivity index (χ3n) is 4.80. The summed E-state index contributed by atoms with van der Waals surface area (Å²) in [5.41, 5.74) is 0.667. The highest BCUT2D eigenvalue weighted by Gasteiger charge is 2.38. The predicted molar refractivity (Wildman–Crippen MR) is 101 cm³/mol. The lowest BCUT2D eigenvalue weighted by Crippen LogP contribution is -2.28. The normalized spacial score (nSPS) is 31.6. The second-order valence-electron chi connectivity index (χ2n) is 6.64. The van der Waals surface area contributed by atoms with Crippen molar-refractivity contribution < 1.29 is 9.59 Å². The Labute approximate surface area is 155 Å². The van der Waals surface area contributed by atoms with Crippen LogP contribution in [-0.2, 0) is 9.59 Å². The maximum atomic E-state index is 12.2. The molecule has 0 spiro atoms. The third kappa shape index (κ3) is 3.75. The Hall–Kier alpha value is -1.79. The fourth-order valence-electron chi connectivity index (χ4n) is 3.57. The van der Waals surface area contributed by atoms with Crippen LogP contribution >= 0.6 is 23.4 Å². The molecule has 2 bridgehead atoms. The van der Waals surface area contributed by atoms with E-state index in [1.165, 1.54) is 18.2 Å². The molecule has 3 aliphatic rings. The van der Waals surface area contributed by atoms with Crippen LogP contribution in [0, 0.1) is 11.8 Å². The Morgan fingerprint density at radius 3 is 2.76 bits per heavy atom. The van der Waals surface area contributed by atoms with Crippen LogP contribution in [0.1, 0.15) is 19.3 Å². The number of fused-ring (bicyclic) bond motifs is 2. The minimum absolute atomic E-state index is 0.120. The summed E-state index contributed by atoms with van der Waals surface area (Å²) in [4.78, 5) is 29.0. The van der Waals surface area contributed by atoms with Crippen molar-refractivity contribution >= 4 is 46.0 Å². The number of hydrogen-bond donors (Lipinski definition) is 2. The lowest BCUT2D eigenvalue weighted by atomic mass is 10.0. The van der Waals surface area contributed by atoms with Crippen LogP contribution in [0.4, 0.5) is 5.69 Å². The van der Waals surface area contributed by atoms with Crippen LogP contribution in [0.5, 0.6) is 0 Å². The number of nitrogens with one attached hydrogen (secondary N) is 2. The highest BCUT2D eigenvalue weighted by Crippen LogP contribution is 2.41. The number of carbonyl (C=O) groups is 2. The number of hydrogen-bond acceptors (Lipinski definition) is 4. The zero-order chi connectivity index (χ0) is 17.4. The van der Waals surface area contributed by atoms with E-state index in [0.29, 0.717) is 27.7 Å². The van der Waals surface area contributed by atoms with Crippen molar-refractivity contribution in [3.63, 3.8) is 0 Å². The Morgan fingerprint density at radius 2 is 2.08 bits per heavy atom. The Balaban J connectivity index is 1.33. The fraction of sp³-hybridized carbons (Fsp3) is 0.389. The predicted octanol–water partition coefficient (Wildman–Crippen LogP) is 3.22. The largest absolute Gasteiger partial charge is 0.326 e. The molecular weight excluding hydrogens is 358 g/mol. The van der Waals surface area contributed by atoms with Gasteiger partial charge < -0.3 is 10.6 Å². The molecule has 4 rings (SSSR count). The van der Waals surface area contributed by atoms with Crippen molar-refractivity contribution in [3.05, 3.63) is 41.4 Å². The molecule has 1 saturated carbocycles. The number of halogens is 1. The van der Waals surface area contributed by atoms with Crippen LogP contribution in [0.25, 0.3) is 0 Å². The zero-order valence-electron chi connectivity index (χ0n) is 13.4. The molecule has 7 heteroatoms. The average molecular weight is 376 g/mol. The number of anilines is 1. The van der Waals surface area contributed by atoms with Gasteiger partial charge in [-0.25, -0.2) is 0 Å². The second-order valence-corrected chi connectivity index (χ2v) is 8.26. The number of allylic oxidation sites excluding steroid dienone is 1. The summed E-state index contributed by atoms with van der Waals surface area (Å²) in [6.07, 6.45) is 6.86. The molecule has 2 fully saturated rings. The van der Waals surface area contributed by atoms with E-state index in [2.05, 4.69) is 22.8 Å². The van der Waals surface area contributed by atoms with Gasteiger partial charge >= 0.3 is 0 Å². The van der Waals surface area contributed by atoms with E-state index < -0.39 is 5.25 Å². The minimum Gasteiger partial charge on any atom is -0.326 e. The molecule has 5 nitrogen and oxygen atoms in total. The van der Waals surface area contributed by atoms with Crippen LogP contribution in [-0.4, -0.2) is 28.3 Å². The van der Waals surface area contributed by atoms with E-state index in [9.17, 15) is 9.59 Å². The topological polar surface area (TPSA) is 70.6 Å². The van der Waals surface area contributed by atoms with Crippen molar-refractivity contribution in [1.29, 1.82) is 0 Å². The molecule has 0 unspecified atom stereocenters. The summed E-state index contributed by atoms with van der Waals surface area (Å²) < 4.78 is 0. The molecule has 4 atom stereocenters. The van der Waals surface area contributed by atoms with Gasteiger partial charge in [-0.3, -0.25) is 14.6 Å². The van der Waals surface area contributed by atoms with Gasteiger partial charge in [-0.05, 0) is 48.9 Å². The van der Waals surface area contributed by atoms with Gasteiger partial charge in [0.25, 0.3) is 0 Å². The molecule has 2 amide bonds. The Bertz CT molecular complexity index is 762. The summed E-state index contributed by atoms with van der Waals surface area (Å²) in [6.45, 7) is 0. The first-order chi connectivity index (χ1) is 12.1. The van der Waals surface area contributed by atoms with E-state index in [1.54, 1.807) is 24.3 Å². The van der Waals surface area contributed by atoms with Crippen LogP contribution in [0.15, 0.2) is 41.4 Å². The summed E-state index contributed by atoms with van der Waals surface area (Å²) in [7, 11) is 0. The molecule has 0 aromatic heterocycles. The molecule has 130 valence electrons. The smallest absolute Gasteiger partial charge is 0.240 e. The summed E-state index contributed by atoms with van der Waals surface area (Å²) in [5.74, 6) is 0.803. The summed E-state index contributed by atoms with van der Waals surface area (Å²) in [6, 6.07) is 7.15.